The largest absolute Gasteiger partial charge is 0.409 e. The number of rotatable bonds is 8. The van der Waals surface area contributed by atoms with Crippen molar-refractivity contribution < 1.29 is 32.0 Å². The third-order valence-corrected chi connectivity index (χ3v) is 17.3. The van der Waals surface area contributed by atoms with E-state index in [1.54, 1.807) is 0 Å². The molecule has 3 saturated heterocycles. The molecule has 0 amide bonds. The van der Waals surface area contributed by atoms with E-state index < -0.39 is 29.3 Å². The average Bonchev–Trinajstić information content (AvgIpc) is 3.30. The number of hydrogen-bond acceptors (Lipinski definition) is 10. The molecule has 0 bridgehead atoms. The minimum absolute atomic E-state index is 0.00686. The number of ether oxygens (including phenoxy) is 2. The fourth-order valence-electron chi connectivity index (χ4n) is 5.09. The Morgan fingerprint density at radius 1 is 0.927 bits per heavy atom. The van der Waals surface area contributed by atoms with Gasteiger partial charge in [-0.25, -0.2) is 0 Å². The molecule has 1 N–H and O–H groups in total. The van der Waals surface area contributed by atoms with Gasteiger partial charge in [0.15, 0.2) is 15.8 Å². The molecule has 41 heavy (non-hydrogen) atoms. The number of nitriles is 2. The van der Waals surface area contributed by atoms with E-state index in [2.05, 4.69) is 70.6 Å². The Hall–Kier alpha value is -0.523. The Labute approximate surface area is 248 Å². The van der Waals surface area contributed by atoms with Crippen LogP contribution in [0.1, 0.15) is 60.8 Å². The standard InChI is InChI=1S/C28H51N3O7P2Si/c1-20-21(2)34-24-19-31-40(8,33-17-12-15-30)37-27-23(13-18-39(7,36-25(20)24)32-16-11-14-29)35-22(3)26(27)38-41(9,10)28(4,5)6/h20-27,31H,7-8,11-13,16-19H2,1-6,9-10H3/t20-,21+,22+,23-,24-,25?,26?,27+,39?,40?/m1/s1. The maximum atomic E-state index is 9.17. The topological polar surface area (TPSA) is 124 Å². The second kappa shape index (κ2) is 14.1. The highest BCUT2D eigenvalue weighted by Crippen LogP contribution is 2.55. The molecule has 3 rings (SSSR count). The molecule has 0 aromatic heterocycles. The van der Waals surface area contributed by atoms with Crippen LogP contribution in [-0.2, 0) is 32.0 Å². The van der Waals surface area contributed by atoms with Crippen LogP contribution in [0.3, 0.4) is 0 Å². The third kappa shape index (κ3) is 8.78. The quantitative estimate of drug-likeness (QED) is 0.203. The summed E-state index contributed by atoms with van der Waals surface area (Å²) in [4.78, 5) is 0. The Morgan fingerprint density at radius 3 is 2.15 bits per heavy atom. The maximum Gasteiger partial charge on any atom is 0.192 e. The molecule has 234 valence electrons. The van der Waals surface area contributed by atoms with E-state index in [-0.39, 0.29) is 73.6 Å². The van der Waals surface area contributed by atoms with Crippen LogP contribution in [0, 0.1) is 28.6 Å². The van der Waals surface area contributed by atoms with E-state index in [0.29, 0.717) is 19.1 Å². The molecule has 10 nitrogen and oxygen atoms in total. The molecule has 3 aliphatic heterocycles. The Balaban J connectivity index is 1.99. The normalized spacial score (nSPS) is 40.4. The van der Waals surface area contributed by atoms with Crippen LogP contribution in [0.2, 0.25) is 18.1 Å². The first kappa shape index (κ1) is 35.0. The van der Waals surface area contributed by atoms with E-state index in [0.717, 1.165) is 0 Å². The van der Waals surface area contributed by atoms with Crippen LogP contribution in [-0.4, -0.2) is 89.6 Å². The predicted octanol–water partition coefficient (Wildman–Crippen LogP) is 5.69. The van der Waals surface area contributed by atoms with Crippen LogP contribution in [0.15, 0.2) is 0 Å². The Bertz CT molecular complexity index is 1070. The van der Waals surface area contributed by atoms with Gasteiger partial charge in [0, 0.05) is 18.6 Å². The van der Waals surface area contributed by atoms with E-state index in [1.807, 2.05) is 13.8 Å². The first-order valence-corrected chi connectivity index (χ1v) is 21.4. The number of fused-ring (bicyclic) bond motifs is 2. The lowest BCUT2D eigenvalue weighted by atomic mass is 10.00. The van der Waals surface area contributed by atoms with Gasteiger partial charge >= 0.3 is 0 Å². The van der Waals surface area contributed by atoms with Gasteiger partial charge in [0.2, 0.25) is 0 Å². The molecule has 0 aliphatic carbocycles. The van der Waals surface area contributed by atoms with Crippen LogP contribution < -0.4 is 5.09 Å². The lowest BCUT2D eigenvalue weighted by Crippen LogP contribution is -2.50. The van der Waals surface area contributed by atoms with Gasteiger partial charge in [-0.05, 0) is 44.7 Å². The number of nitrogens with zero attached hydrogens (tertiary/aromatic N) is 2. The van der Waals surface area contributed by atoms with E-state index in [4.69, 9.17) is 42.5 Å². The van der Waals surface area contributed by atoms with Crippen molar-refractivity contribution in [2.75, 3.05) is 25.9 Å². The predicted molar refractivity (Wildman–Crippen MR) is 168 cm³/mol. The lowest BCUT2D eigenvalue weighted by Gasteiger charge is -2.41. The van der Waals surface area contributed by atoms with Crippen LogP contribution in [0.4, 0.5) is 0 Å². The summed E-state index contributed by atoms with van der Waals surface area (Å²) in [6.45, 7) is 18.1. The van der Waals surface area contributed by atoms with Crippen LogP contribution >= 0.6 is 14.8 Å². The first-order chi connectivity index (χ1) is 19.0. The van der Waals surface area contributed by atoms with Crippen molar-refractivity contribution in [2.24, 2.45) is 5.92 Å². The zero-order valence-electron chi connectivity index (χ0n) is 26.1. The SMILES string of the molecule is C=P1(OCCC#N)CC[C@H]2O[C@@H](C)C(O[Si](C)(C)C(C)(C)C)[C@H]2OP(=C)(OCCC#N)NC[C@H]2O[C@@H](C)[C@@H](C)C2O1. The maximum absolute atomic E-state index is 9.17. The third-order valence-electron chi connectivity index (χ3n) is 8.74. The summed E-state index contributed by atoms with van der Waals surface area (Å²) in [6, 6.07) is 4.29. The van der Waals surface area contributed by atoms with Crippen molar-refractivity contribution in [3.8, 4) is 12.1 Å². The number of hydrogen-bond donors (Lipinski definition) is 1. The van der Waals surface area contributed by atoms with Crippen molar-refractivity contribution in [3.05, 3.63) is 0 Å². The Morgan fingerprint density at radius 2 is 1.54 bits per heavy atom. The highest BCUT2D eigenvalue weighted by Gasteiger charge is 2.52. The van der Waals surface area contributed by atoms with Gasteiger partial charge < -0.3 is 32.0 Å². The number of nitrogens with one attached hydrogen (secondary N) is 1. The monoisotopic (exact) mass is 631 g/mol. The summed E-state index contributed by atoms with van der Waals surface area (Å²) in [6.07, 6.45) is 8.49. The van der Waals surface area contributed by atoms with Crippen LogP contribution in [0.5, 0.6) is 0 Å². The van der Waals surface area contributed by atoms with Gasteiger partial charge in [-0.15, -0.1) is 0 Å². The highest BCUT2D eigenvalue weighted by molar-refractivity contribution is 7.64. The summed E-state index contributed by atoms with van der Waals surface area (Å²) in [5, 5.41) is 21.7. The fraction of sp³-hybridized carbons (Fsp3) is 0.857. The summed E-state index contributed by atoms with van der Waals surface area (Å²) in [7, 11) is -7.77. The van der Waals surface area contributed by atoms with Gasteiger partial charge in [0.25, 0.3) is 0 Å². The van der Waals surface area contributed by atoms with Crippen molar-refractivity contribution in [3.63, 3.8) is 0 Å². The smallest absolute Gasteiger partial charge is 0.192 e. The zero-order chi connectivity index (χ0) is 30.6. The first-order valence-electron chi connectivity index (χ1n) is 14.6. The minimum atomic E-state index is -2.93. The van der Waals surface area contributed by atoms with E-state index in [1.165, 1.54) is 0 Å². The molecular weight excluding hydrogens is 580 g/mol. The summed E-state index contributed by atoms with van der Waals surface area (Å²) in [5.41, 5.74) is 0. The molecule has 10 atom stereocenters. The zero-order valence-corrected chi connectivity index (χ0v) is 28.9. The molecule has 3 fully saturated rings. The Kier molecular flexibility index (Phi) is 12.0. The molecule has 0 spiro atoms. The van der Waals surface area contributed by atoms with Gasteiger partial charge in [-0.3, -0.25) is 5.09 Å². The van der Waals surface area contributed by atoms with Gasteiger partial charge in [-0.2, -0.15) is 10.5 Å². The molecule has 0 aromatic rings. The molecule has 3 heterocycles. The molecular formula is C28H51N3O7P2Si. The second-order valence-electron chi connectivity index (χ2n) is 12.9. The molecule has 0 saturated carbocycles. The van der Waals surface area contributed by atoms with Gasteiger partial charge in [-0.1, -0.05) is 34.0 Å². The molecule has 4 unspecified atom stereocenters. The molecule has 13 heteroatoms. The van der Waals surface area contributed by atoms with E-state index >= 15 is 0 Å². The minimum Gasteiger partial charge on any atom is -0.409 e. The molecule has 0 aromatic carbocycles. The van der Waals surface area contributed by atoms with E-state index in [9.17, 15) is 0 Å². The van der Waals surface area contributed by atoms with Crippen molar-refractivity contribution in [1.29, 1.82) is 10.5 Å². The van der Waals surface area contributed by atoms with Crippen LogP contribution in [0.25, 0.3) is 0 Å². The lowest BCUT2D eigenvalue weighted by molar-refractivity contribution is 0.0115. The van der Waals surface area contributed by atoms with Crippen molar-refractivity contribution in [2.45, 2.75) is 122 Å². The summed E-state index contributed by atoms with van der Waals surface area (Å²) >= 11 is 0. The van der Waals surface area contributed by atoms with Crippen molar-refractivity contribution in [1.82, 2.24) is 5.09 Å². The van der Waals surface area contributed by atoms with Gasteiger partial charge in [0.05, 0.1) is 68.7 Å². The fourth-order valence-corrected chi connectivity index (χ4v) is 10.3. The summed E-state index contributed by atoms with van der Waals surface area (Å²) in [5.74, 6) is 0.0984. The second-order valence-corrected chi connectivity index (χ2v) is 22.4. The molecule has 0 radical (unpaired) electrons. The summed E-state index contributed by atoms with van der Waals surface area (Å²) < 4.78 is 45.8. The van der Waals surface area contributed by atoms with Gasteiger partial charge in [0.1, 0.15) is 19.5 Å². The van der Waals surface area contributed by atoms with Crippen molar-refractivity contribution >= 4 is 35.7 Å². The average molecular weight is 632 g/mol. The molecule has 3 aliphatic rings. The highest BCUT2D eigenvalue weighted by atomic mass is 31.2.